The Bertz CT molecular complexity index is 673. The summed E-state index contributed by atoms with van der Waals surface area (Å²) in [5.74, 6) is 1.36. The van der Waals surface area contributed by atoms with E-state index in [0.29, 0.717) is 12.4 Å². The van der Waals surface area contributed by atoms with Gasteiger partial charge in [-0.3, -0.25) is 10.3 Å². The molecule has 0 fully saturated rings. The monoisotopic (exact) mass is 308 g/mol. The average Bonchev–Trinajstić information content (AvgIpc) is 3.05. The minimum atomic E-state index is -0.0149. The molecule has 2 aromatic heterocycles. The van der Waals surface area contributed by atoms with Gasteiger partial charge in [0.05, 0.1) is 18.3 Å². The summed E-state index contributed by atoms with van der Waals surface area (Å²) in [5, 5.41) is 7.45. The van der Waals surface area contributed by atoms with Gasteiger partial charge in [-0.05, 0) is 24.1 Å². The molecule has 0 radical (unpaired) electrons. The molecule has 0 saturated carbocycles. The molecule has 0 aliphatic rings. The van der Waals surface area contributed by atoms with Crippen molar-refractivity contribution in [1.82, 2.24) is 20.4 Å². The zero-order valence-corrected chi connectivity index (χ0v) is 13.1. The Morgan fingerprint density at radius 2 is 1.91 bits per heavy atom. The molecule has 0 aliphatic carbocycles. The zero-order valence-electron chi connectivity index (χ0n) is 13.1. The topological polar surface area (TPSA) is 63.8 Å². The Morgan fingerprint density at radius 1 is 1.09 bits per heavy atom. The van der Waals surface area contributed by atoms with E-state index >= 15 is 0 Å². The maximum atomic E-state index is 5.30. The van der Waals surface area contributed by atoms with Crippen molar-refractivity contribution in [1.29, 1.82) is 0 Å². The van der Waals surface area contributed by atoms with Gasteiger partial charge < -0.3 is 4.52 Å². The van der Waals surface area contributed by atoms with E-state index in [1.807, 2.05) is 36.4 Å². The van der Waals surface area contributed by atoms with E-state index in [9.17, 15) is 0 Å². The van der Waals surface area contributed by atoms with Crippen molar-refractivity contribution in [2.75, 3.05) is 0 Å². The smallest absolute Gasteiger partial charge is 0.240 e. The molecule has 0 amide bonds. The van der Waals surface area contributed by atoms with Gasteiger partial charge in [0, 0.05) is 12.6 Å². The number of nitrogens with one attached hydrogen (secondary N) is 1. The largest absolute Gasteiger partial charge is 0.338 e. The molecular weight excluding hydrogens is 288 g/mol. The predicted octanol–water partition coefficient (Wildman–Crippen LogP) is 3.30. The normalized spacial score (nSPS) is 12.2. The van der Waals surface area contributed by atoms with Crippen LogP contribution in [0.3, 0.4) is 0 Å². The van der Waals surface area contributed by atoms with E-state index in [4.69, 9.17) is 4.52 Å². The molecule has 3 aromatic rings. The van der Waals surface area contributed by atoms with Gasteiger partial charge in [-0.2, -0.15) is 4.98 Å². The molecule has 0 saturated heterocycles. The van der Waals surface area contributed by atoms with Crippen LogP contribution in [0.25, 0.3) is 0 Å². The highest BCUT2D eigenvalue weighted by Gasteiger charge is 2.16. The number of rotatable bonds is 7. The molecule has 0 bridgehead atoms. The standard InChI is InChI=1S/C18H20N4O/c1-2-8-16-21-17(23-22-16)13-20-18(14-9-4-3-5-10-14)15-11-6-7-12-19-15/h3-7,9-12,18,20H,2,8,13H2,1H3. The summed E-state index contributed by atoms with van der Waals surface area (Å²) in [6, 6.07) is 16.1. The van der Waals surface area contributed by atoms with Crippen molar-refractivity contribution in [3.8, 4) is 0 Å². The first kappa shape index (κ1) is 15.4. The first-order valence-corrected chi connectivity index (χ1v) is 7.87. The lowest BCUT2D eigenvalue weighted by atomic mass is 10.0. The fourth-order valence-electron chi connectivity index (χ4n) is 2.46. The van der Waals surface area contributed by atoms with Gasteiger partial charge >= 0.3 is 0 Å². The van der Waals surface area contributed by atoms with Crippen molar-refractivity contribution >= 4 is 0 Å². The third-order valence-electron chi connectivity index (χ3n) is 3.56. The highest BCUT2D eigenvalue weighted by Crippen LogP contribution is 2.20. The Hall–Kier alpha value is -2.53. The summed E-state index contributed by atoms with van der Waals surface area (Å²) >= 11 is 0. The molecule has 0 spiro atoms. The van der Waals surface area contributed by atoms with E-state index in [2.05, 4.69) is 39.5 Å². The molecule has 2 heterocycles. The summed E-state index contributed by atoms with van der Waals surface area (Å²) in [6.07, 6.45) is 3.65. The van der Waals surface area contributed by atoms with E-state index in [-0.39, 0.29) is 6.04 Å². The van der Waals surface area contributed by atoms with Crippen LogP contribution in [0, 0.1) is 0 Å². The van der Waals surface area contributed by atoms with Gasteiger partial charge in [-0.15, -0.1) is 0 Å². The van der Waals surface area contributed by atoms with Crippen LogP contribution in [-0.2, 0) is 13.0 Å². The zero-order chi connectivity index (χ0) is 15.9. The molecular formula is C18H20N4O. The maximum Gasteiger partial charge on any atom is 0.240 e. The van der Waals surface area contributed by atoms with Crippen molar-refractivity contribution in [2.45, 2.75) is 32.4 Å². The summed E-state index contributed by atoms with van der Waals surface area (Å²) < 4.78 is 5.30. The summed E-state index contributed by atoms with van der Waals surface area (Å²) in [7, 11) is 0. The van der Waals surface area contributed by atoms with Crippen LogP contribution < -0.4 is 5.32 Å². The second-order valence-corrected chi connectivity index (χ2v) is 5.33. The van der Waals surface area contributed by atoms with Gasteiger partial charge in [0.1, 0.15) is 0 Å². The van der Waals surface area contributed by atoms with Crippen LogP contribution in [0.2, 0.25) is 0 Å². The second-order valence-electron chi connectivity index (χ2n) is 5.33. The number of aromatic nitrogens is 3. The third-order valence-corrected chi connectivity index (χ3v) is 3.56. The Labute approximate surface area is 135 Å². The fourth-order valence-corrected chi connectivity index (χ4v) is 2.46. The summed E-state index contributed by atoms with van der Waals surface area (Å²) in [5.41, 5.74) is 2.12. The first-order chi connectivity index (χ1) is 11.4. The predicted molar refractivity (Wildman–Crippen MR) is 87.7 cm³/mol. The van der Waals surface area contributed by atoms with Crippen molar-refractivity contribution in [3.05, 3.63) is 77.7 Å². The van der Waals surface area contributed by atoms with E-state index in [1.54, 1.807) is 6.20 Å². The van der Waals surface area contributed by atoms with E-state index < -0.39 is 0 Å². The summed E-state index contributed by atoms with van der Waals surface area (Å²) in [6.45, 7) is 2.60. The van der Waals surface area contributed by atoms with Crippen molar-refractivity contribution < 1.29 is 4.52 Å². The molecule has 3 rings (SSSR count). The minimum absolute atomic E-state index is 0.0149. The number of aryl methyl sites for hydroxylation is 1. The Balaban J connectivity index is 1.76. The SMILES string of the molecule is CCCc1noc(CNC(c2ccccc2)c2ccccn2)n1. The van der Waals surface area contributed by atoms with Gasteiger partial charge in [0.25, 0.3) is 0 Å². The number of hydrogen-bond donors (Lipinski definition) is 1. The van der Waals surface area contributed by atoms with Gasteiger partial charge in [-0.25, -0.2) is 0 Å². The first-order valence-electron chi connectivity index (χ1n) is 7.87. The Morgan fingerprint density at radius 3 is 2.65 bits per heavy atom. The second kappa shape index (κ2) is 7.65. The molecule has 1 atom stereocenters. The van der Waals surface area contributed by atoms with Crippen LogP contribution in [0.1, 0.15) is 42.4 Å². The van der Waals surface area contributed by atoms with E-state index in [1.165, 1.54) is 0 Å². The lowest BCUT2D eigenvalue weighted by molar-refractivity contribution is 0.357. The van der Waals surface area contributed by atoms with Gasteiger partial charge in [-0.1, -0.05) is 48.5 Å². The molecule has 1 aromatic carbocycles. The highest BCUT2D eigenvalue weighted by atomic mass is 16.5. The molecule has 0 aliphatic heterocycles. The van der Waals surface area contributed by atoms with Crippen molar-refractivity contribution in [3.63, 3.8) is 0 Å². The van der Waals surface area contributed by atoms with Crippen LogP contribution in [0.15, 0.2) is 59.3 Å². The summed E-state index contributed by atoms with van der Waals surface area (Å²) in [4.78, 5) is 8.87. The molecule has 23 heavy (non-hydrogen) atoms. The maximum absolute atomic E-state index is 5.30. The van der Waals surface area contributed by atoms with Crippen LogP contribution in [0.4, 0.5) is 0 Å². The number of hydrogen-bond acceptors (Lipinski definition) is 5. The lowest BCUT2D eigenvalue weighted by Gasteiger charge is -2.17. The molecule has 1 N–H and O–H groups in total. The van der Waals surface area contributed by atoms with Gasteiger partial charge in [0.2, 0.25) is 5.89 Å². The van der Waals surface area contributed by atoms with Gasteiger partial charge in [0.15, 0.2) is 5.82 Å². The molecule has 5 heteroatoms. The van der Waals surface area contributed by atoms with Crippen LogP contribution in [-0.4, -0.2) is 15.1 Å². The Kier molecular flexibility index (Phi) is 5.11. The van der Waals surface area contributed by atoms with Crippen LogP contribution in [0.5, 0.6) is 0 Å². The molecule has 5 nitrogen and oxygen atoms in total. The van der Waals surface area contributed by atoms with E-state index in [0.717, 1.165) is 29.9 Å². The molecule has 1 unspecified atom stereocenters. The fraction of sp³-hybridized carbons (Fsp3) is 0.278. The van der Waals surface area contributed by atoms with Crippen molar-refractivity contribution in [2.24, 2.45) is 0 Å². The van der Waals surface area contributed by atoms with Crippen LogP contribution >= 0.6 is 0 Å². The lowest BCUT2D eigenvalue weighted by Crippen LogP contribution is -2.23. The number of pyridine rings is 1. The number of nitrogens with zero attached hydrogens (tertiary/aromatic N) is 3. The average molecular weight is 308 g/mol. The molecule has 118 valence electrons. The quantitative estimate of drug-likeness (QED) is 0.725. The number of benzene rings is 1. The third kappa shape index (κ3) is 4.02. The minimum Gasteiger partial charge on any atom is -0.338 e. The highest BCUT2D eigenvalue weighted by molar-refractivity contribution is 5.27.